The van der Waals surface area contributed by atoms with Gasteiger partial charge in [-0.3, -0.25) is 4.79 Å². The van der Waals surface area contributed by atoms with Crippen molar-refractivity contribution in [2.45, 2.75) is 53.0 Å². The third-order valence-corrected chi connectivity index (χ3v) is 5.30. The van der Waals surface area contributed by atoms with E-state index in [1.165, 1.54) is 26.2 Å². The Labute approximate surface area is 171 Å². The average molecular weight is 379 g/mol. The predicted octanol–water partition coefficient (Wildman–Crippen LogP) is 3.66. The molecule has 2 unspecified atom stereocenters. The monoisotopic (exact) mass is 379 g/mol. The maximum Gasteiger partial charge on any atom is 0.217 e. The third-order valence-electron chi connectivity index (χ3n) is 5.30. The molecule has 150 valence electrons. The molecule has 1 aliphatic rings. The van der Waals surface area contributed by atoms with Gasteiger partial charge in [-0.2, -0.15) is 0 Å². The zero-order valence-electron chi connectivity index (χ0n) is 17.8. The van der Waals surface area contributed by atoms with Crippen molar-refractivity contribution in [3.63, 3.8) is 0 Å². The van der Waals surface area contributed by atoms with Gasteiger partial charge in [-0.05, 0) is 44.1 Å². The summed E-state index contributed by atoms with van der Waals surface area (Å²) in [5, 5.41) is 6.21. The Bertz CT molecular complexity index is 729. The van der Waals surface area contributed by atoms with Crippen LogP contribution in [-0.2, 0) is 4.79 Å². The molecular weight excluding hydrogens is 345 g/mol. The van der Waals surface area contributed by atoms with Crippen LogP contribution in [0, 0.1) is 11.8 Å². The number of nitrogens with one attached hydrogen (secondary N) is 2. The van der Waals surface area contributed by atoms with Crippen LogP contribution in [0.2, 0.25) is 0 Å². The van der Waals surface area contributed by atoms with Crippen LogP contribution >= 0.6 is 0 Å². The molecule has 2 N–H and O–H groups in total. The largest absolute Gasteiger partial charge is 0.371 e. The van der Waals surface area contributed by atoms with Gasteiger partial charge in [0, 0.05) is 42.7 Å². The first-order valence-electron chi connectivity index (χ1n) is 10.2. The lowest BCUT2D eigenvalue weighted by atomic mass is 9.88. The maximum atomic E-state index is 11.3. The van der Waals surface area contributed by atoms with E-state index in [-0.39, 0.29) is 11.9 Å². The Kier molecular flexibility index (Phi) is 7.79. The molecule has 1 heterocycles. The molecule has 0 bridgehead atoms. The van der Waals surface area contributed by atoms with Crippen LogP contribution in [0.25, 0.3) is 5.70 Å². The van der Waals surface area contributed by atoms with Crippen LogP contribution in [0.4, 0.5) is 5.69 Å². The van der Waals surface area contributed by atoms with Gasteiger partial charge in [0.2, 0.25) is 5.91 Å². The van der Waals surface area contributed by atoms with Crippen LogP contribution in [0.3, 0.4) is 0 Å². The number of piperidine rings is 1. The highest BCUT2D eigenvalue weighted by atomic mass is 16.1. The van der Waals surface area contributed by atoms with Crippen molar-refractivity contribution in [3.05, 3.63) is 42.6 Å². The topological polar surface area (TPSA) is 44.4 Å². The Morgan fingerprint density at radius 2 is 2.04 bits per heavy atom. The summed E-state index contributed by atoms with van der Waals surface area (Å²) in [5.74, 6) is 1.33. The molecule has 1 aromatic rings. The molecule has 2 atom stereocenters. The fraction of sp³-hybridized carbons (Fsp3) is 0.522. The minimum Gasteiger partial charge on any atom is -0.371 e. The number of likely N-dealkylation sites (tertiary alicyclic amines) is 1. The molecule has 1 saturated heterocycles. The van der Waals surface area contributed by atoms with Gasteiger partial charge in [-0.25, -0.2) is 0 Å². The zero-order valence-corrected chi connectivity index (χ0v) is 17.8. The molecule has 0 saturated carbocycles. The molecule has 0 aromatic heterocycles. The highest BCUT2D eigenvalue weighted by molar-refractivity contribution is 6.32. The quantitative estimate of drug-likeness (QED) is 0.678. The smallest absolute Gasteiger partial charge is 0.217 e. The van der Waals surface area contributed by atoms with Gasteiger partial charge in [0.25, 0.3) is 0 Å². The lowest BCUT2D eigenvalue weighted by Gasteiger charge is -2.37. The number of hydrogen-bond acceptors (Lipinski definition) is 3. The Morgan fingerprint density at radius 3 is 2.68 bits per heavy atom. The molecule has 2 radical (unpaired) electrons. The van der Waals surface area contributed by atoms with Crippen molar-refractivity contribution in [3.8, 4) is 0 Å². The number of hydrogen-bond donors (Lipinski definition) is 2. The van der Waals surface area contributed by atoms with Gasteiger partial charge in [-0.15, -0.1) is 0 Å². The van der Waals surface area contributed by atoms with Crippen LogP contribution in [-0.4, -0.2) is 37.8 Å². The second-order valence-electron chi connectivity index (χ2n) is 8.41. The van der Waals surface area contributed by atoms with Gasteiger partial charge in [0.1, 0.15) is 7.85 Å². The van der Waals surface area contributed by atoms with Crippen molar-refractivity contribution in [1.82, 2.24) is 10.2 Å². The molecular formula is C23H34BN3O. The van der Waals surface area contributed by atoms with Crippen LogP contribution < -0.4 is 16.1 Å². The fourth-order valence-electron chi connectivity index (χ4n) is 3.92. The lowest BCUT2D eigenvalue weighted by molar-refractivity contribution is -0.119. The Morgan fingerprint density at radius 1 is 1.32 bits per heavy atom. The van der Waals surface area contributed by atoms with Crippen LogP contribution in [0.15, 0.2) is 37.1 Å². The summed E-state index contributed by atoms with van der Waals surface area (Å²) in [5.41, 5.74) is 4.32. The van der Waals surface area contributed by atoms with E-state index in [0.717, 1.165) is 35.7 Å². The van der Waals surface area contributed by atoms with E-state index in [4.69, 9.17) is 7.85 Å². The molecule has 2 rings (SSSR count). The minimum atomic E-state index is -0.179. The molecule has 1 fully saturated rings. The first-order valence-corrected chi connectivity index (χ1v) is 10.2. The molecule has 5 heteroatoms. The highest BCUT2D eigenvalue weighted by Gasteiger charge is 2.23. The molecule has 1 aromatic carbocycles. The second-order valence-corrected chi connectivity index (χ2v) is 8.41. The summed E-state index contributed by atoms with van der Waals surface area (Å²) in [6.07, 6.45) is 3.72. The first kappa shape index (κ1) is 22.1. The van der Waals surface area contributed by atoms with Crippen molar-refractivity contribution in [2.24, 2.45) is 11.8 Å². The van der Waals surface area contributed by atoms with Gasteiger partial charge in [0.05, 0.1) is 6.04 Å². The van der Waals surface area contributed by atoms with Crippen molar-refractivity contribution >= 4 is 30.6 Å². The molecule has 28 heavy (non-hydrogen) atoms. The normalized spacial score (nSPS) is 17.9. The molecule has 1 amide bonds. The van der Waals surface area contributed by atoms with Gasteiger partial charge in [-0.1, -0.05) is 44.6 Å². The number of carbonyl (C=O) groups is 1. The van der Waals surface area contributed by atoms with Crippen molar-refractivity contribution in [1.29, 1.82) is 0 Å². The second kappa shape index (κ2) is 9.86. The summed E-state index contributed by atoms with van der Waals surface area (Å²) < 4.78 is 0. The van der Waals surface area contributed by atoms with E-state index in [9.17, 15) is 4.79 Å². The summed E-state index contributed by atoms with van der Waals surface area (Å²) in [6, 6.07) is 5.61. The third kappa shape index (κ3) is 6.18. The average Bonchev–Trinajstić information content (AvgIpc) is 2.61. The summed E-state index contributed by atoms with van der Waals surface area (Å²) in [4.78, 5) is 13.7. The summed E-state index contributed by atoms with van der Waals surface area (Å²) in [6.45, 7) is 18.5. The number of amides is 1. The van der Waals surface area contributed by atoms with Crippen LogP contribution in [0.1, 0.15) is 52.5 Å². The SMILES string of the molecule is [B]c1ccc(NC(=C)C(C)NC(C)=O)c(C(=C)N2CCCC(CC(C)C)C2)c1. The molecule has 4 nitrogen and oxygen atoms in total. The van der Waals surface area contributed by atoms with Crippen LogP contribution in [0.5, 0.6) is 0 Å². The number of rotatable bonds is 8. The van der Waals surface area contributed by atoms with E-state index in [1.807, 2.05) is 25.1 Å². The van der Waals surface area contributed by atoms with E-state index in [1.54, 1.807) is 0 Å². The first-order chi connectivity index (χ1) is 13.2. The highest BCUT2D eigenvalue weighted by Crippen LogP contribution is 2.31. The zero-order chi connectivity index (χ0) is 20.8. The van der Waals surface area contributed by atoms with E-state index in [0.29, 0.717) is 17.3 Å². The van der Waals surface area contributed by atoms with Crippen molar-refractivity contribution in [2.75, 3.05) is 18.4 Å². The number of benzene rings is 1. The number of anilines is 1. The Balaban J connectivity index is 2.17. The van der Waals surface area contributed by atoms with Gasteiger partial charge >= 0.3 is 0 Å². The standard InChI is InChI=1S/C23H34BN3O/c1-15(2)12-20-8-7-11-27(14-20)18(5)22-13-21(24)9-10-23(22)26-17(4)16(3)25-19(6)28/h9-10,13,15-16,20,26H,4-5,7-8,11-12,14H2,1-3,6H3,(H,25,28). The minimum absolute atomic E-state index is 0.0816. The van der Waals surface area contributed by atoms with E-state index in [2.05, 4.69) is 42.5 Å². The fourth-order valence-corrected chi connectivity index (χ4v) is 3.92. The predicted molar refractivity (Wildman–Crippen MR) is 121 cm³/mol. The van der Waals surface area contributed by atoms with Gasteiger partial charge < -0.3 is 15.5 Å². The lowest BCUT2D eigenvalue weighted by Crippen LogP contribution is -2.35. The summed E-state index contributed by atoms with van der Waals surface area (Å²) >= 11 is 0. The summed E-state index contributed by atoms with van der Waals surface area (Å²) in [7, 11) is 6.08. The van der Waals surface area contributed by atoms with E-state index < -0.39 is 0 Å². The molecule has 0 aliphatic carbocycles. The molecule has 1 aliphatic heterocycles. The van der Waals surface area contributed by atoms with E-state index >= 15 is 0 Å². The number of nitrogens with zero attached hydrogens (tertiary/aromatic N) is 1. The number of carbonyl (C=O) groups excluding carboxylic acids is 1. The van der Waals surface area contributed by atoms with Gasteiger partial charge in [0.15, 0.2) is 0 Å². The Hall–Kier alpha value is -2.17. The maximum absolute atomic E-state index is 11.3. The molecule has 0 spiro atoms. The van der Waals surface area contributed by atoms with Crippen molar-refractivity contribution < 1.29 is 4.79 Å².